The maximum atomic E-state index is 4.57. The number of anilines is 1. The predicted molar refractivity (Wildman–Crippen MR) is 78.3 cm³/mol. The minimum Gasteiger partial charge on any atom is -0.381 e. The first-order valence-electron chi connectivity index (χ1n) is 7.25. The number of hydrogen-bond acceptors (Lipinski definition) is 3. The van der Waals surface area contributed by atoms with Crippen LogP contribution < -0.4 is 5.32 Å². The molecule has 19 heavy (non-hydrogen) atoms. The zero-order valence-electron chi connectivity index (χ0n) is 11.9. The second-order valence-electron chi connectivity index (χ2n) is 5.98. The second-order valence-corrected chi connectivity index (χ2v) is 5.98. The van der Waals surface area contributed by atoms with Crippen LogP contribution in [-0.2, 0) is 0 Å². The molecule has 1 N–H and O–H groups in total. The van der Waals surface area contributed by atoms with Crippen LogP contribution in [-0.4, -0.2) is 20.8 Å². The molecule has 2 aromatic rings. The number of rotatable bonds is 3. The van der Waals surface area contributed by atoms with Gasteiger partial charge < -0.3 is 5.32 Å². The highest BCUT2D eigenvalue weighted by Gasteiger charge is 2.23. The van der Waals surface area contributed by atoms with Crippen LogP contribution in [0.2, 0.25) is 0 Å². The van der Waals surface area contributed by atoms with Crippen LogP contribution in [0, 0.1) is 5.92 Å². The second kappa shape index (κ2) is 4.83. The lowest BCUT2D eigenvalue weighted by molar-refractivity contribution is 0.546. The Labute approximate surface area is 114 Å². The van der Waals surface area contributed by atoms with E-state index in [1.807, 2.05) is 17.1 Å². The van der Waals surface area contributed by atoms with Crippen molar-refractivity contribution >= 4 is 16.7 Å². The standard InChI is InChI=1S/C15H22N4/c1-10(2)19-15-12(8-17-19)7-13(9-16-15)18-14-6-4-5-11(14)3/h7-11,14,18H,4-6H2,1-3H3. The quantitative estimate of drug-likeness (QED) is 0.914. The van der Waals surface area contributed by atoms with Gasteiger partial charge in [-0.3, -0.25) is 0 Å². The predicted octanol–water partition coefficient (Wildman–Crippen LogP) is 3.61. The number of pyridine rings is 1. The van der Waals surface area contributed by atoms with Crippen molar-refractivity contribution in [2.75, 3.05) is 5.32 Å². The van der Waals surface area contributed by atoms with Gasteiger partial charge in [-0.05, 0) is 38.7 Å². The highest BCUT2D eigenvalue weighted by atomic mass is 15.3. The van der Waals surface area contributed by atoms with Gasteiger partial charge in [-0.25, -0.2) is 9.67 Å². The average Bonchev–Trinajstić information content (AvgIpc) is 2.96. The Kier molecular flexibility index (Phi) is 3.17. The smallest absolute Gasteiger partial charge is 0.158 e. The Hall–Kier alpha value is -1.58. The number of hydrogen-bond donors (Lipinski definition) is 1. The van der Waals surface area contributed by atoms with E-state index in [9.17, 15) is 0 Å². The van der Waals surface area contributed by atoms with Crippen molar-refractivity contribution in [3.8, 4) is 0 Å². The van der Waals surface area contributed by atoms with E-state index in [4.69, 9.17) is 0 Å². The van der Waals surface area contributed by atoms with Crippen molar-refractivity contribution < 1.29 is 0 Å². The summed E-state index contributed by atoms with van der Waals surface area (Å²) < 4.78 is 1.97. The molecule has 1 aliphatic rings. The molecule has 2 atom stereocenters. The maximum absolute atomic E-state index is 4.57. The molecule has 1 saturated carbocycles. The summed E-state index contributed by atoms with van der Waals surface area (Å²) in [7, 11) is 0. The van der Waals surface area contributed by atoms with Crippen molar-refractivity contribution in [3.05, 3.63) is 18.5 Å². The lowest BCUT2D eigenvalue weighted by Crippen LogP contribution is -2.21. The Morgan fingerprint density at radius 1 is 1.32 bits per heavy atom. The fourth-order valence-corrected chi connectivity index (χ4v) is 2.97. The van der Waals surface area contributed by atoms with Gasteiger partial charge in [0.05, 0.1) is 18.1 Å². The molecule has 1 fully saturated rings. The largest absolute Gasteiger partial charge is 0.381 e. The molecule has 0 aromatic carbocycles. The molecule has 0 bridgehead atoms. The number of nitrogens with one attached hydrogen (secondary N) is 1. The molecular formula is C15H22N4. The van der Waals surface area contributed by atoms with E-state index in [-0.39, 0.29) is 0 Å². The van der Waals surface area contributed by atoms with Crippen molar-refractivity contribution in [1.29, 1.82) is 0 Å². The third-order valence-electron chi connectivity index (χ3n) is 4.14. The summed E-state index contributed by atoms with van der Waals surface area (Å²) >= 11 is 0. The zero-order chi connectivity index (χ0) is 13.4. The van der Waals surface area contributed by atoms with E-state index in [1.54, 1.807) is 0 Å². The first-order chi connectivity index (χ1) is 9.15. The molecule has 102 valence electrons. The first kappa shape index (κ1) is 12.5. The summed E-state index contributed by atoms with van der Waals surface area (Å²) in [5, 5.41) is 9.15. The molecule has 0 spiro atoms. The normalized spacial score (nSPS) is 23.4. The summed E-state index contributed by atoms with van der Waals surface area (Å²) in [6.45, 7) is 6.58. The molecule has 3 rings (SSSR count). The summed E-state index contributed by atoms with van der Waals surface area (Å²) in [6.07, 6.45) is 7.78. The Morgan fingerprint density at radius 3 is 2.84 bits per heavy atom. The van der Waals surface area contributed by atoms with Crippen LogP contribution in [0.4, 0.5) is 5.69 Å². The SMILES string of the molecule is CC1CCCC1Nc1cnc2c(cnn2C(C)C)c1. The number of aromatic nitrogens is 3. The van der Waals surface area contributed by atoms with Gasteiger partial charge in [0.25, 0.3) is 0 Å². The molecule has 1 aliphatic carbocycles. The van der Waals surface area contributed by atoms with E-state index in [0.29, 0.717) is 12.1 Å². The van der Waals surface area contributed by atoms with Crippen molar-refractivity contribution in [2.24, 2.45) is 5.92 Å². The molecule has 4 heteroatoms. The van der Waals surface area contributed by atoms with E-state index in [1.165, 1.54) is 19.3 Å². The maximum Gasteiger partial charge on any atom is 0.158 e. The summed E-state index contributed by atoms with van der Waals surface area (Å²) in [6, 6.07) is 3.11. The minimum atomic E-state index is 0.346. The summed E-state index contributed by atoms with van der Waals surface area (Å²) in [5.74, 6) is 0.758. The Morgan fingerprint density at radius 2 is 2.16 bits per heavy atom. The van der Waals surface area contributed by atoms with Gasteiger partial charge in [0.2, 0.25) is 0 Å². The zero-order valence-corrected chi connectivity index (χ0v) is 11.9. The molecule has 0 saturated heterocycles. The van der Waals surface area contributed by atoms with E-state index in [0.717, 1.165) is 22.6 Å². The molecule has 2 heterocycles. The van der Waals surface area contributed by atoms with E-state index < -0.39 is 0 Å². The Balaban J connectivity index is 1.86. The van der Waals surface area contributed by atoms with Gasteiger partial charge in [-0.15, -0.1) is 0 Å². The summed E-state index contributed by atoms with van der Waals surface area (Å²) in [5.41, 5.74) is 2.09. The highest BCUT2D eigenvalue weighted by molar-refractivity contribution is 5.78. The van der Waals surface area contributed by atoms with Crippen molar-refractivity contribution in [2.45, 2.75) is 52.1 Å². The fraction of sp³-hybridized carbons (Fsp3) is 0.600. The first-order valence-corrected chi connectivity index (χ1v) is 7.25. The van der Waals surface area contributed by atoms with Crippen molar-refractivity contribution in [1.82, 2.24) is 14.8 Å². The van der Waals surface area contributed by atoms with Crippen LogP contribution in [0.3, 0.4) is 0 Å². The molecular weight excluding hydrogens is 236 g/mol. The monoisotopic (exact) mass is 258 g/mol. The molecule has 0 amide bonds. The minimum absolute atomic E-state index is 0.346. The van der Waals surface area contributed by atoms with Crippen LogP contribution in [0.5, 0.6) is 0 Å². The van der Waals surface area contributed by atoms with E-state index >= 15 is 0 Å². The highest BCUT2D eigenvalue weighted by Crippen LogP contribution is 2.28. The molecule has 4 nitrogen and oxygen atoms in total. The summed E-state index contributed by atoms with van der Waals surface area (Å²) in [4.78, 5) is 4.57. The third-order valence-corrected chi connectivity index (χ3v) is 4.14. The van der Waals surface area contributed by atoms with Gasteiger partial charge in [-0.1, -0.05) is 13.3 Å². The molecule has 2 unspecified atom stereocenters. The van der Waals surface area contributed by atoms with Crippen LogP contribution in [0.1, 0.15) is 46.1 Å². The number of fused-ring (bicyclic) bond motifs is 1. The topological polar surface area (TPSA) is 42.7 Å². The van der Waals surface area contributed by atoms with Crippen LogP contribution >= 0.6 is 0 Å². The van der Waals surface area contributed by atoms with E-state index in [2.05, 4.69) is 42.2 Å². The third kappa shape index (κ3) is 2.31. The fourth-order valence-electron chi connectivity index (χ4n) is 2.97. The van der Waals surface area contributed by atoms with Gasteiger partial charge >= 0.3 is 0 Å². The van der Waals surface area contributed by atoms with Crippen LogP contribution in [0.25, 0.3) is 11.0 Å². The van der Waals surface area contributed by atoms with Gasteiger partial charge in [0.1, 0.15) is 0 Å². The lowest BCUT2D eigenvalue weighted by Gasteiger charge is -2.18. The molecule has 0 aliphatic heterocycles. The average molecular weight is 258 g/mol. The Bertz CT molecular complexity index is 573. The van der Waals surface area contributed by atoms with Crippen molar-refractivity contribution in [3.63, 3.8) is 0 Å². The lowest BCUT2D eigenvalue weighted by atomic mass is 10.1. The molecule has 0 radical (unpaired) electrons. The van der Waals surface area contributed by atoms with Gasteiger partial charge in [0, 0.05) is 17.5 Å². The van der Waals surface area contributed by atoms with Gasteiger partial charge in [0.15, 0.2) is 5.65 Å². The number of nitrogens with zero attached hydrogens (tertiary/aromatic N) is 3. The molecule has 2 aromatic heterocycles. The van der Waals surface area contributed by atoms with Gasteiger partial charge in [-0.2, -0.15) is 5.10 Å². The van der Waals surface area contributed by atoms with Crippen LogP contribution in [0.15, 0.2) is 18.5 Å².